The van der Waals surface area contributed by atoms with Gasteiger partial charge in [0.05, 0.1) is 6.61 Å². The summed E-state index contributed by atoms with van der Waals surface area (Å²) in [6.45, 7) is 3.38. The number of benzene rings is 3. The minimum atomic E-state index is 0.480. The van der Waals surface area contributed by atoms with Crippen LogP contribution in [0.15, 0.2) is 48.5 Å². The number of ether oxygens (including phenoxy) is 1. The van der Waals surface area contributed by atoms with Crippen LogP contribution in [0.25, 0.3) is 21.9 Å². The minimum absolute atomic E-state index is 0.480. The third-order valence-electron chi connectivity index (χ3n) is 4.97. The Morgan fingerprint density at radius 1 is 1.00 bits per heavy atom. The predicted molar refractivity (Wildman–Crippen MR) is 105 cm³/mol. The van der Waals surface area contributed by atoms with Crippen molar-refractivity contribution in [3.63, 3.8) is 0 Å². The average Bonchev–Trinajstić information content (AvgIpc) is 3.43. The van der Waals surface area contributed by atoms with Gasteiger partial charge < -0.3 is 16.2 Å². The van der Waals surface area contributed by atoms with E-state index in [1.165, 1.54) is 34.7 Å². The van der Waals surface area contributed by atoms with Gasteiger partial charge in [-0.3, -0.25) is 0 Å². The quantitative estimate of drug-likeness (QED) is 0.669. The van der Waals surface area contributed by atoms with E-state index in [1.807, 2.05) is 12.1 Å². The topological polar surface area (TPSA) is 61.3 Å². The van der Waals surface area contributed by atoms with Crippen LogP contribution in [0.4, 0.5) is 5.69 Å². The van der Waals surface area contributed by atoms with Gasteiger partial charge in [0.15, 0.2) is 0 Å². The van der Waals surface area contributed by atoms with Gasteiger partial charge in [-0.25, -0.2) is 0 Å². The molecule has 1 fully saturated rings. The Balaban J connectivity index is 1.69. The van der Waals surface area contributed by atoms with Crippen molar-refractivity contribution in [3.05, 3.63) is 59.7 Å². The van der Waals surface area contributed by atoms with E-state index in [2.05, 4.69) is 43.3 Å². The molecule has 0 unspecified atom stereocenters. The molecule has 0 spiro atoms. The number of hydrogen-bond donors (Lipinski definition) is 2. The van der Waals surface area contributed by atoms with Crippen molar-refractivity contribution < 1.29 is 4.74 Å². The molecule has 0 saturated heterocycles. The molecule has 3 aromatic rings. The van der Waals surface area contributed by atoms with Crippen LogP contribution >= 0.6 is 0 Å². The molecule has 3 heteroatoms. The molecule has 3 nitrogen and oxygen atoms in total. The molecule has 4 N–H and O–H groups in total. The highest BCUT2D eigenvalue weighted by Gasteiger charge is 2.22. The van der Waals surface area contributed by atoms with Crippen LogP contribution in [0.1, 0.15) is 24.0 Å². The van der Waals surface area contributed by atoms with E-state index in [9.17, 15) is 0 Å². The first-order valence-corrected chi connectivity index (χ1v) is 8.90. The molecule has 0 atom stereocenters. The van der Waals surface area contributed by atoms with E-state index in [0.717, 1.165) is 35.1 Å². The third-order valence-corrected chi connectivity index (χ3v) is 4.97. The monoisotopic (exact) mass is 332 g/mol. The van der Waals surface area contributed by atoms with Crippen LogP contribution in [0.5, 0.6) is 5.75 Å². The van der Waals surface area contributed by atoms with Crippen LogP contribution < -0.4 is 16.2 Å². The van der Waals surface area contributed by atoms with Crippen LogP contribution in [-0.4, -0.2) is 6.61 Å². The Morgan fingerprint density at radius 2 is 1.76 bits per heavy atom. The lowest BCUT2D eigenvalue weighted by atomic mass is 9.97. The molecular formula is C22H24N2O. The van der Waals surface area contributed by atoms with Crippen molar-refractivity contribution in [3.8, 4) is 16.9 Å². The minimum Gasteiger partial charge on any atom is -0.493 e. The fourth-order valence-electron chi connectivity index (χ4n) is 3.32. The molecule has 0 radical (unpaired) electrons. The lowest BCUT2D eigenvalue weighted by Crippen LogP contribution is -2.05. The Labute approximate surface area is 148 Å². The summed E-state index contributed by atoms with van der Waals surface area (Å²) in [5, 5.41) is 2.40. The van der Waals surface area contributed by atoms with E-state index in [-0.39, 0.29) is 0 Å². The van der Waals surface area contributed by atoms with Gasteiger partial charge in [0, 0.05) is 17.8 Å². The molecule has 0 heterocycles. The highest BCUT2D eigenvalue weighted by molar-refractivity contribution is 5.92. The Morgan fingerprint density at radius 3 is 2.52 bits per heavy atom. The van der Waals surface area contributed by atoms with Crippen LogP contribution in [0.2, 0.25) is 0 Å². The van der Waals surface area contributed by atoms with Gasteiger partial charge in [0.2, 0.25) is 0 Å². The third kappa shape index (κ3) is 3.33. The second-order valence-corrected chi connectivity index (χ2v) is 7.05. The first-order valence-electron chi connectivity index (χ1n) is 8.90. The summed E-state index contributed by atoms with van der Waals surface area (Å²) < 4.78 is 5.95. The first kappa shape index (κ1) is 16.0. The maximum absolute atomic E-state index is 6.01. The fraction of sp³-hybridized carbons (Fsp3) is 0.273. The number of fused-ring (bicyclic) bond motifs is 1. The zero-order valence-corrected chi connectivity index (χ0v) is 14.6. The van der Waals surface area contributed by atoms with Gasteiger partial charge in [0.1, 0.15) is 5.75 Å². The zero-order chi connectivity index (χ0) is 17.4. The van der Waals surface area contributed by atoms with E-state index in [1.54, 1.807) is 0 Å². The average molecular weight is 332 g/mol. The largest absolute Gasteiger partial charge is 0.493 e. The smallest absolute Gasteiger partial charge is 0.123 e. The number of aryl methyl sites for hydroxylation is 1. The Bertz CT molecular complexity index is 929. The maximum atomic E-state index is 6.01. The standard InChI is InChI=1S/C22H24N2O/c1-14-8-20(24)11-18-9-16(4-6-21(14)18)17-5-7-22(19(10-17)12-23)25-13-15-2-3-15/h4-11,15H,2-3,12-13,23-24H2,1H3. The van der Waals surface area contributed by atoms with E-state index >= 15 is 0 Å². The number of hydrogen-bond acceptors (Lipinski definition) is 3. The van der Waals surface area contributed by atoms with Crippen LogP contribution in [-0.2, 0) is 6.54 Å². The lowest BCUT2D eigenvalue weighted by Gasteiger charge is -2.13. The van der Waals surface area contributed by atoms with E-state index < -0.39 is 0 Å². The van der Waals surface area contributed by atoms with Gasteiger partial charge in [-0.05, 0) is 83.5 Å². The zero-order valence-electron chi connectivity index (χ0n) is 14.6. The maximum Gasteiger partial charge on any atom is 0.123 e. The summed E-state index contributed by atoms with van der Waals surface area (Å²) in [4.78, 5) is 0. The fourth-order valence-corrected chi connectivity index (χ4v) is 3.32. The highest BCUT2D eigenvalue weighted by Crippen LogP contribution is 2.33. The van der Waals surface area contributed by atoms with Crippen molar-refractivity contribution in [1.82, 2.24) is 0 Å². The summed E-state index contributed by atoms with van der Waals surface area (Å²) in [6.07, 6.45) is 2.57. The molecule has 1 aliphatic carbocycles. The molecular weight excluding hydrogens is 308 g/mol. The molecule has 0 bridgehead atoms. The summed E-state index contributed by atoms with van der Waals surface area (Å²) in [6, 6.07) is 16.9. The highest BCUT2D eigenvalue weighted by atomic mass is 16.5. The Kier molecular flexibility index (Phi) is 4.10. The normalized spacial score (nSPS) is 14.0. The summed E-state index contributed by atoms with van der Waals surface area (Å²) in [5.74, 6) is 1.65. The van der Waals surface area contributed by atoms with Crippen molar-refractivity contribution >= 4 is 16.5 Å². The van der Waals surface area contributed by atoms with Crippen molar-refractivity contribution in [2.24, 2.45) is 11.7 Å². The van der Waals surface area contributed by atoms with Gasteiger partial charge in [-0.2, -0.15) is 0 Å². The second-order valence-electron chi connectivity index (χ2n) is 7.05. The van der Waals surface area contributed by atoms with E-state index in [0.29, 0.717) is 6.54 Å². The van der Waals surface area contributed by atoms with E-state index in [4.69, 9.17) is 16.2 Å². The van der Waals surface area contributed by atoms with Gasteiger partial charge in [0.25, 0.3) is 0 Å². The van der Waals surface area contributed by atoms with Gasteiger partial charge in [-0.1, -0.05) is 18.2 Å². The second kappa shape index (κ2) is 6.41. The SMILES string of the molecule is Cc1cc(N)cc2cc(-c3ccc(OCC4CC4)c(CN)c3)ccc12. The molecule has 128 valence electrons. The molecule has 4 rings (SSSR count). The van der Waals surface area contributed by atoms with Gasteiger partial charge >= 0.3 is 0 Å². The molecule has 0 aliphatic heterocycles. The van der Waals surface area contributed by atoms with Crippen LogP contribution in [0, 0.1) is 12.8 Å². The molecule has 0 aromatic heterocycles. The Hall–Kier alpha value is -2.52. The molecule has 25 heavy (non-hydrogen) atoms. The number of rotatable bonds is 5. The van der Waals surface area contributed by atoms with Crippen LogP contribution in [0.3, 0.4) is 0 Å². The summed E-state index contributed by atoms with van der Waals surface area (Å²) in [5.41, 5.74) is 17.3. The van der Waals surface area contributed by atoms with Gasteiger partial charge in [-0.15, -0.1) is 0 Å². The molecule has 3 aromatic carbocycles. The number of nitrogens with two attached hydrogens (primary N) is 2. The molecule has 1 aliphatic rings. The summed E-state index contributed by atoms with van der Waals surface area (Å²) >= 11 is 0. The predicted octanol–water partition coefficient (Wildman–Crippen LogP) is 4.64. The van der Waals surface area contributed by atoms with Crippen molar-refractivity contribution in [1.29, 1.82) is 0 Å². The first-order chi connectivity index (χ1) is 12.1. The number of anilines is 1. The van der Waals surface area contributed by atoms with Crippen molar-refractivity contribution in [2.45, 2.75) is 26.3 Å². The summed E-state index contributed by atoms with van der Waals surface area (Å²) in [7, 11) is 0. The molecule has 0 amide bonds. The molecule has 1 saturated carbocycles. The number of nitrogen functional groups attached to an aromatic ring is 1. The van der Waals surface area contributed by atoms with Crippen molar-refractivity contribution in [2.75, 3.05) is 12.3 Å². The lowest BCUT2D eigenvalue weighted by molar-refractivity contribution is 0.297.